The molecule has 0 bridgehead atoms. The maximum Gasteiger partial charge on any atom is 0.330 e. The average Bonchev–Trinajstić information content (AvgIpc) is 3.24. The van der Waals surface area contributed by atoms with E-state index in [1.54, 1.807) is 25.2 Å². The van der Waals surface area contributed by atoms with Crippen LogP contribution >= 0.6 is 0 Å². The molecule has 2 amide bonds. The summed E-state index contributed by atoms with van der Waals surface area (Å²) in [6, 6.07) is 7.09. The third kappa shape index (κ3) is 6.50. The highest BCUT2D eigenvalue weighted by Gasteiger charge is 2.19. The second-order valence-corrected chi connectivity index (χ2v) is 8.88. The summed E-state index contributed by atoms with van der Waals surface area (Å²) in [5.41, 5.74) is 1.23. The number of hydrogen-bond donors (Lipinski definition) is 3. The molecular formula is C26H36N6O4. The average molecular weight is 497 g/mol. The molecule has 10 nitrogen and oxygen atoms in total. The largest absolute Gasteiger partial charge is 0.355 e. The summed E-state index contributed by atoms with van der Waals surface area (Å²) >= 11 is 0. The first kappa shape index (κ1) is 26.9. The Hall–Kier alpha value is -3.69. The van der Waals surface area contributed by atoms with Crippen molar-refractivity contribution in [3.05, 3.63) is 62.1 Å². The van der Waals surface area contributed by atoms with Crippen LogP contribution in [0.5, 0.6) is 0 Å². The Kier molecular flexibility index (Phi) is 9.61. The van der Waals surface area contributed by atoms with Gasteiger partial charge in [0.15, 0.2) is 11.2 Å². The normalized spacial score (nSPS) is 11.1. The Morgan fingerprint density at radius 1 is 1.03 bits per heavy atom. The van der Waals surface area contributed by atoms with Crippen LogP contribution in [0.2, 0.25) is 0 Å². The van der Waals surface area contributed by atoms with Crippen LogP contribution in [0.4, 0.5) is 0 Å². The number of hydrogen-bond acceptors (Lipinski definition) is 5. The van der Waals surface area contributed by atoms with Gasteiger partial charge in [-0.15, -0.1) is 0 Å². The third-order valence-electron chi connectivity index (χ3n) is 6.17. The Morgan fingerprint density at radius 2 is 1.78 bits per heavy atom. The predicted molar refractivity (Wildman–Crippen MR) is 139 cm³/mol. The molecule has 0 saturated heterocycles. The summed E-state index contributed by atoms with van der Waals surface area (Å²) in [5, 5.41) is 5.48. The summed E-state index contributed by atoms with van der Waals surface area (Å²) < 4.78 is 3.39. The van der Waals surface area contributed by atoms with Crippen LogP contribution in [0.15, 0.2) is 33.9 Å². The SMILES string of the molecule is CCCCCn1c(CCC(=O)NCc2cccc(C(=O)NC)c2)nc2c1c(=O)[nH]c(=O)n2CCCC. The number of aromatic amines is 1. The fourth-order valence-corrected chi connectivity index (χ4v) is 4.17. The first-order valence-electron chi connectivity index (χ1n) is 12.7. The third-order valence-corrected chi connectivity index (χ3v) is 6.17. The van der Waals surface area contributed by atoms with Gasteiger partial charge in [0, 0.05) is 45.1 Å². The Morgan fingerprint density at radius 3 is 2.50 bits per heavy atom. The van der Waals surface area contributed by atoms with Gasteiger partial charge >= 0.3 is 5.69 Å². The van der Waals surface area contributed by atoms with E-state index in [1.165, 1.54) is 4.57 Å². The Bertz CT molecular complexity index is 1320. The van der Waals surface area contributed by atoms with E-state index in [2.05, 4.69) is 27.5 Å². The highest BCUT2D eigenvalue weighted by Crippen LogP contribution is 2.16. The van der Waals surface area contributed by atoms with Crippen LogP contribution in [-0.2, 0) is 30.8 Å². The number of aryl methyl sites for hydroxylation is 3. The van der Waals surface area contributed by atoms with E-state index in [4.69, 9.17) is 0 Å². The molecule has 0 unspecified atom stereocenters. The van der Waals surface area contributed by atoms with Crippen molar-refractivity contribution in [2.45, 2.75) is 78.4 Å². The van der Waals surface area contributed by atoms with E-state index in [0.29, 0.717) is 48.6 Å². The van der Waals surface area contributed by atoms with Gasteiger partial charge in [-0.25, -0.2) is 9.78 Å². The molecule has 0 spiro atoms. The van der Waals surface area contributed by atoms with Crippen molar-refractivity contribution in [1.29, 1.82) is 0 Å². The number of fused-ring (bicyclic) bond motifs is 1. The van der Waals surface area contributed by atoms with E-state index in [-0.39, 0.29) is 18.2 Å². The molecule has 1 aromatic carbocycles. The van der Waals surface area contributed by atoms with E-state index in [1.807, 2.05) is 17.6 Å². The summed E-state index contributed by atoms with van der Waals surface area (Å²) in [5.74, 6) is 0.279. The molecule has 0 atom stereocenters. The number of nitrogens with one attached hydrogen (secondary N) is 3. The number of aromatic nitrogens is 4. The second kappa shape index (κ2) is 12.9. The van der Waals surface area contributed by atoms with Gasteiger partial charge in [0.2, 0.25) is 5.91 Å². The highest BCUT2D eigenvalue weighted by molar-refractivity contribution is 5.94. The van der Waals surface area contributed by atoms with Gasteiger partial charge in [-0.3, -0.25) is 23.9 Å². The lowest BCUT2D eigenvalue weighted by Gasteiger charge is -2.10. The number of rotatable bonds is 13. The summed E-state index contributed by atoms with van der Waals surface area (Å²) in [7, 11) is 1.57. The molecule has 3 aromatic rings. The van der Waals surface area contributed by atoms with Crippen molar-refractivity contribution in [2.24, 2.45) is 0 Å². The number of imidazole rings is 1. The molecular weight excluding hydrogens is 460 g/mol. The smallest absolute Gasteiger partial charge is 0.330 e. The summed E-state index contributed by atoms with van der Waals surface area (Å²) in [6.45, 7) is 5.52. The van der Waals surface area contributed by atoms with E-state index >= 15 is 0 Å². The minimum absolute atomic E-state index is 0.162. The topological polar surface area (TPSA) is 131 Å². The molecule has 3 N–H and O–H groups in total. The number of H-pyrrole nitrogens is 1. The van der Waals surface area contributed by atoms with Crippen LogP contribution < -0.4 is 21.9 Å². The zero-order valence-electron chi connectivity index (χ0n) is 21.4. The lowest BCUT2D eigenvalue weighted by Crippen LogP contribution is -2.31. The number of carbonyl (C=O) groups excluding carboxylic acids is 2. The maximum absolute atomic E-state index is 12.7. The van der Waals surface area contributed by atoms with Crippen LogP contribution in [0, 0.1) is 0 Å². The molecule has 0 saturated carbocycles. The minimum Gasteiger partial charge on any atom is -0.355 e. The monoisotopic (exact) mass is 496 g/mol. The van der Waals surface area contributed by atoms with Gasteiger partial charge < -0.3 is 15.2 Å². The standard InChI is InChI=1S/C26H36N6O4/c1-4-6-8-15-31-20(29-23-22(31)25(35)30-26(36)32(23)14-7-5-2)12-13-21(33)28-17-18-10-9-11-19(16-18)24(34)27-3/h9-11,16H,4-8,12-15,17H2,1-3H3,(H,27,34)(H,28,33)(H,30,35,36). The van der Waals surface area contributed by atoms with Crippen molar-refractivity contribution in [3.8, 4) is 0 Å². The van der Waals surface area contributed by atoms with Gasteiger partial charge in [-0.1, -0.05) is 45.2 Å². The van der Waals surface area contributed by atoms with E-state index in [9.17, 15) is 19.2 Å². The molecule has 194 valence electrons. The molecule has 0 aliphatic rings. The molecule has 0 aliphatic carbocycles. The number of nitrogens with zero attached hydrogens (tertiary/aromatic N) is 3. The molecule has 2 heterocycles. The maximum atomic E-state index is 12.7. The van der Waals surface area contributed by atoms with Gasteiger partial charge in [0.25, 0.3) is 11.5 Å². The highest BCUT2D eigenvalue weighted by atomic mass is 16.2. The van der Waals surface area contributed by atoms with Gasteiger partial charge in [0.05, 0.1) is 0 Å². The zero-order chi connectivity index (χ0) is 26.1. The minimum atomic E-state index is -0.456. The fourth-order valence-electron chi connectivity index (χ4n) is 4.17. The zero-order valence-corrected chi connectivity index (χ0v) is 21.4. The number of unbranched alkanes of at least 4 members (excludes halogenated alkanes) is 3. The Labute approximate surface area is 210 Å². The van der Waals surface area contributed by atoms with E-state index < -0.39 is 11.2 Å². The lowest BCUT2D eigenvalue weighted by molar-refractivity contribution is -0.121. The van der Waals surface area contributed by atoms with Crippen molar-refractivity contribution in [1.82, 2.24) is 29.7 Å². The van der Waals surface area contributed by atoms with Crippen LogP contribution in [0.25, 0.3) is 11.2 Å². The number of carbonyl (C=O) groups is 2. The van der Waals surface area contributed by atoms with Crippen molar-refractivity contribution < 1.29 is 9.59 Å². The first-order chi connectivity index (χ1) is 17.4. The van der Waals surface area contributed by atoms with Crippen molar-refractivity contribution in [3.63, 3.8) is 0 Å². The quantitative estimate of drug-likeness (QED) is 0.313. The molecule has 0 fully saturated rings. The van der Waals surface area contributed by atoms with Gasteiger partial charge in [0.1, 0.15) is 5.82 Å². The molecule has 0 aliphatic heterocycles. The predicted octanol–water partition coefficient (Wildman–Crippen LogP) is 2.49. The van der Waals surface area contributed by atoms with Crippen LogP contribution in [-0.4, -0.2) is 38.0 Å². The van der Waals surface area contributed by atoms with Gasteiger partial charge in [-0.05, 0) is 30.5 Å². The van der Waals surface area contributed by atoms with Crippen LogP contribution in [0.1, 0.15) is 74.1 Å². The number of amides is 2. The summed E-state index contributed by atoms with van der Waals surface area (Å²) in [6.07, 6.45) is 5.13. The molecule has 0 radical (unpaired) electrons. The lowest BCUT2D eigenvalue weighted by atomic mass is 10.1. The van der Waals surface area contributed by atoms with E-state index in [0.717, 1.165) is 37.7 Å². The molecule has 10 heteroatoms. The summed E-state index contributed by atoms with van der Waals surface area (Å²) in [4.78, 5) is 56.8. The van der Waals surface area contributed by atoms with Crippen molar-refractivity contribution in [2.75, 3.05) is 7.05 Å². The second-order valence-electron chi connectivity index (χ2n) is 8.88. The first-order valence-corrected chi connectivity index (χ1v) is 12.7. The fraction of sp³-hybridized carbons (Fsp3) is 0.500. The number of benzene rings is 1. The van der Waals surface area contributed by atoms with Crippen molar-refractivity contribution >= 4 is 23.0 Å². The molecule has 2 aromatic heterocycles. The molecule has 36 heavy (non-hydrogen) atoms. The molecule has 3 rings (SSSR count). The Balaban J connectivity index is 1.79. The van der Waals surface area contributed by atoms with Crippen LogP contribution in [0.3, 0.4) is 0 Å². The van der Waals surface area contributed by atoms with Gasteiger partial charge in [-0.2, -0.15) is 0 Å².